The number of nitrogens with one attached hydrogen (secondary N) is 2. The fourth-order valence-corrected chi connectivity index (χ4v) is 2.92. The van der Waals surface area contributed by atoms with Gasteiger partial charge in [-0.15, -0.1) is 11.3 Å². The molecule has 2 N–H and O–H groups in total. The molecule has 1 heterocycles. The molecule has 0 radical (unpaired) electrons. The van der Waals surface area contributed by atoms with Crippen LogP contribution < -0.4 is 15.5 Å². The molecule has 0 saturated carbocycles. The van der Waals surface area contributed by atoms with E-state index in [4.69, 9.17) is 4.74 Å². The third-order valence-corrected chi connectivity index (χ3v) is 4.64. The zero-order valence-corrected chi connectivity index (χ0v) is 16.0. The van der Waals surface area contributed by atoms with Crippen LogP contribution in [0.3, 0.4) is 0 Å². The Balaban J connectivity index is 1.51. The molecule has 28 heavy (non-hydrogen) atoms. The van der Waals surface area contributed by atoms with E-state index in [2.05, 4.69) is 15.8 Å². The Bertz CT molecular complexity index is 952. The number of thiophene rings is 1. The molecule has 142 valence electrons. The third-order valence-electron chi connectivity index (χ3n) is 3.77. The van der Waals surface area contributed by atoms with Crippen LogP contribution in [0.15, 0.2) is 77.2 Å². The average Bonchev–Trinajstić information content (AvgIpc) is 3.27. The van der Waals surface area contributed by atoms with Gasteiger partial charge in [0.1, 0.15) is 5.75 Å². The minimum absolute atomic E-state index is 0.117. The first-order valence-corrected chi connectivity index (χ1v) is 9.46. The summed E-state index contributed by atoms with van der Waals surface area (Å²) in [6.45, 7) is 1.67. The fourth-order valence-electron chi connectivity index (χ4n) is 2.30. The number of ether oxygens (including phenoxy) is 1. The van der Waals surface area contributed by atoms with Crippen LogP contribution in [-0.4, -0.2) is 24.1 Å². The van der Waals surface area contributed by atoms with E-state index in [1.165, 1.54) is 11.3 Å². The number of carbonyl (C=O) groups is 2. The Hall–Kier alpha value is -3.45. The third kappa shape index (κ3) is 5.52. The minimum Gasteiger partial charge on any atom is -0.484 e. The molecule has 3 aromatic rings. The molecule has 0 fully saturated rings. The summed E-state index contributed by atoms with van der Waals surface area (Å²) in [5.74, 6) is 0.139. The van der Waals surface area contributed by atoms with Gasteiger partial charge >= 0.3 is 0 Å². The Morgan fingerprint density at radius 1 is 1.00 bits per heavy atom. The Morgan fingerprint density at radius 3 is 2.43 bits per heavy atom. The lowest BCUT2D eigenvalue weighted by molar-refractivity contribution is -0.123. The van der Waals surface area contributed by atoms with Gasteiger partial charge in [-0.1, -0.05) is 36.4 Å². The lowest BCUT2D eigenvalue weighted by atomic mass is 10.1. The second-order valence-corrected chi connectivity index (χ2v) is 6.79. The summed E-state index contributed by atoms with van der Waals surface area (Å²) in [4.78, 5) is 24.6. The standard InChI is InChI=1S/C21H19N3O3S/c1-15(23-24-20(25)14-27-18-6-3-2-4-7-18)16-9-11-17(12-10-16)22-21(26)19-8-5-13-28-19/h2-13H,14H2,1H3,(H,22,26)(H,24,25). The highest BCUT2D eigenvalue weighted by molar-refractivity contribution is 7.12. The van der Waals surface area contributed by atoms with Crippen molar-refractivity contribution in [3.63, 3.8) is 0 Å². The number of nitrogens with zero attached hydrogens (tertiary/aromatic N) is 1. The molecule has 1 aromatic heterocycles. The van der Waals surface area contributed by atoms with E-state index in [1.54, 1.807) is 37.3 Å². The molecule has 0 atom stereocenters. The largest absolute Gasteiger partial charge is 0.484 e. The topological polar surface area (TPSA) is 79.8 Å². The van der Waals surface area contributed by atoms with E-state index in [9.17, 15) is 9.59 Å². The normalized spacial score (nSPS) is 11.0. The van der Waals surface area contributed by atoms with Crippen molar-refractivity contribution < 1.29 is 14.3 Å². The van der Waals surface area contributed by atoms with Crippen molar-refractivity contribution >= 4 is 34.6 Å². The molecular weight excluding hydrogens is 374 g/mol. The second kappa shape index (κ2) is 9.48. The van der Waals surface area contributed by atoms with Gasteiger partial charge in [0, 0.05) is 5.69 Å². The van der Waals surface area contributed by atoms with Gasteiger partial charge in [-0.25, -0.2) is 5.43 Å². The van der Waals surface area contributed by atoms with Crippen molar-refractivity contribution in [3.05, 3.63) is 82.6 Å². The van der Waals surface area contributed by atoms with Crippen molar-refractivity contribution in [3.8, 4) is 5.75 Å². The summed E-state index contributed by atoms with van der Waals surface area (Å²) in [6.07, 6.45) is 0. The summed E-state index contributed by atoms with van der Waals surface area (Å²) in [5.41, 5.74) is 4.64. The molecule has 2 aromatic carbocycles. The number of carbonyl (C=O) groups excluding carboxylic acids is 2. The van der Waals surface area contributed by atoms with E-state index in [1.807, 2.05) is 41.8 Å². The predicted octanol–water partition coefficient (Wildman–Crippen LogP) is 3.92. The maximum absolute atomic E-state index is 12.1. The van der Waals surface area contributed by atoms with E-state index < -0.39 is 0 Å². The lowest BCUT2D eigenvalue weighted by Crippen LogP contribution is -2.25. The highest BCUT2D eigenvalue weighted by Gasteiger charge is 2.07. The molecule has 0 aliphatic heterocycles. The van der Waals surface area contributed by atoms with Gasteiger partial charge in [-0.3, -0.25) is 9.59 Å². The summed E-state index contributed by atoms with van der Waals surface area (Å²) in [6, 6.07) is 20.0. The molecular formula is C21H19N3O3S. The predicted molar refractivity (Wildman–Crippen MR) is 111 cm³/mol. The summed E-state index contributed by atoms with van der Waals surface area (Å²) >= 11 is 1.39. The van der Waals surface area contributed by atoms with Crippen molar-refractivity contribution in [1.82, 2.24) is 5.43 Å². The maximum atomic E-state index is 12.1. The number of benzene rings is 2. The summed E-state index contributed by atoms with van der Waals surface area (Å²) < 4.78 is 5.37. The number of hydrazone groups is 1. The average molecular weight is 393 g/mol. The SMILES string of the molecule is CC(=NNC(=O)COc1ccccc1)c1ccc(NC(=O)c2cccs2)cc1. The van der Waals surface area contributed by atoms with Gasteiger partial charge < -0.3 is 10.1 Å². The van der Waals surface area contributed by atoms with Crippen molar-refractivity contribution in [2.45, 2.75) is 6.92 Å². The van der Waals surface area contributed by atoms with Crippen molar-refractivity contribution in [1.29, 1.82) is 0 Å². The number of amides is 2. The molecule has 0 unspecified atom stereocenters. The highest BCUT2D eigenvalue weighted by atomic mass is 32.1. The summed E-state index contributed by atoms with van der Waals surface area (Å²) in [7, 11) is 0. The van der Waals surface area contributed by atoms with Gasteiger partial charge in [-0.2, -0.15) is 5.10 Å². The van der Waals surface area contributed by atoms with Crippen LogP contribution in [0.25, 0.3) is 0 Å². The quantitative estimate of drug-likeness (QED) is 0.472. The van der Waals surface area contributed by atoms with Crippen LogP contribution in [0.2, 0.25) is 0 Å². The van der Waals surface area contributed by atoms with Crippen LogP contribution in [0.5, 0.6) is 5.75 Å². The Labute approximate surface area is 166 Å². The Kier molecular flexibility index (Phi) is 6.54. The molecule has 0 aliphatic carbocycles. The first-order chi connectivity index (χ1) is 13.6. The Morgan fingerprint density at radius 2 is 1.75 bits per heavy atom. The smallest absolute Gasteiger partial charge is 0.277 e. The maximum Gasteiger partial charge on any atom is 0.277 e. The molecule has 2 amide bonds. The molecule has 0 aliphatic rings. The van der Waals surface area contributed by atoms with Gasteiger partial charge in [0.2, 0.25) is 0 Å². The van der Waals surface area contributed by atoms with E-state index in [-0.39, 0.29) is 18.4 Å². The molecule has 0 saturated heterocycles. The van der Waals surface area contributed by atoms with Crippen molar-refractivity contribution in [2.75, 3.05) is 11.9 Å². The van der Waals surface area contributed by atoms with Crippen LogP contribution in [0, 0.1) is 0 Å². The van der Waals surface area contributed by atoms with Crippen molar-refractivity contribution in [2.24, 2.45) is 5.10 Å². The first-order valence-electron chi connectivity index (χ1n) is 8.58. The first kappa shape index (κ1) is 19.3. The number of hydrogen-bond acceptors (Lipinski definition) is 5. The molecule has 3 rings (SSSR count). The number of hydrogen-bond donors (Lipinski definition) is 2. The lowest BCUT2D eigenvalue weighted by Gasteiger charge is -2.07. The number of para-hydroxylation sites is 1. The molecule has 6 nitrogen and oxygen atoms in total. The van der Waals surface area contributed by atoms with Gasteiger partial charge in [0.25, 0.3) is 11.8 Å². The fraction of sp³-hybridized carbons (Fsp3) is 0.0952. The zero-order valence-electron chi connectivity index (χ0n) is 15.2. The van der Waals surface area contributed by atoms with Gasteiger partial charge in [-0.05, 0) is 48.2 Å². The number of anilines is 1. The van der Waals surface area contributed by atoms with E-state index >= 15 is 0 Å². The zero-order chi connectivity index (χ0) is 19.8. The van der Waals surface area contributed by atoms with Crippen LogP contribution in [0.4, 0.5) is 5.69 Å². The molecule has 0 spiro atoms. The monoisotopic (exact) mass is 393 g/mol. The second-order valence-electron chi connectivity index (χ2n) is 5.84. The minimum atomic E-state index is -0.344. The van der Waals surface area contributed by atoms with Crippen LogP contribution >= 0.6 is 11.3 Å². The number of rotatable bonds is 7. The van der Waals surface area contributed by atoms with Gasteiger partial charge in [0.05, 0.1) is 10.6 Å². The van der Waals surface area contributed by atoms with Crippen LogP contribution in [-0.2, 0) is 4.79 Å². The molecule has 7 heteroatoms. The van der Waals surface area contributed by atoms with E-state index in [0.29, 0.717) is 22.0 Å². The highest BCUT2D eigenvalue weighted by Crippen LogP contribution is 2.14. The molecule has 0 bridgehead atoms. The van der Waals surface area contributed by atoms with Crippen LogP contribution in [0.1, 0.15) is 22.2 Å². The van der Waals surface area contributed by atoms with E-state index in [0.717, 1.165) is 5.56 Å². The van der Waals surface area contributed by atoms with Gasteiger partial charge in [0.15, 0.2) is 6.61 Å². The summed E-state index contributed by atoms with van der Waals surface area (Å²) in [5, 5.41) is 8.79.